The third kappa shape index (κ3) is 4.80. The molecule has 0 amide bonds. The third-order valence-electron chi connectivity index (χ3n) is 1.35. The van der Waals surface area contributed by atoms with Gasteiger partial charge in [-0.25, -0.2) is 12.6 Å². The minimum atomic E-state index is -3.30. The summed E-state index contributed by atoms with van der Waals surface area (Å²) in [6.07, 6.45) is 2.44. The van der Waals surface area contributed by atoms with Gasteiger partial charge >= 0.3 is 0 Å². The van der Waals surface area contributed by atoms with Crippen molar-refractivity contribution in [2.45, 2.75) is 0 Å². The normalized spacial score (nSPS) is 13.2. The van der Waals surface area contributed by atoms with E-state index in [1.165, 1.54) is 12.3 Å². The van der Waals surface area contributed by atoms with Crippen LogP contribution in [0.5, 0.6) is 5.75 Å². The number of nitrogens with one attached hydrogen (secondary N) is 1. The summed E-state index contributed by atoms with van der Waals surface area (Å²) in [6, 6.07) is 6.24. The van der Waals surface area contributed by atoms with Crippen LogP contribution in [0.2, 0.25) is 0 Å². The van der Waals surface area contributed by atoms with Crippen LogP contribution in [-0.2, 0) is 21.1 Å². The molecule has 0 aliphatic heterocycles. The van der Waals surface area contributed by atoms with E-state index in [4.69, 9.17) is 4.18 Å². The Labute approximate surface area is 91.2 Å². The molecule has 1 aromatic rings. The minimum absolute atomic E-state index is 0.351. The molecule has 0 aliphatic rings. The van der Waals surface area contributed by atoms with Gasteiger partial charge in [-0.2, -0.15) is 0 Å². The van der Waals surface area contributed by atoms with Crippen molar-refractivity contribution in [1.82, 2.24) is 0 Å². The van der Waals surface area contributed by atoms with E-state index in [1.54, 1.807) is 18.2 Å². The van der Waals surface area contributed by atoms with Crippen LogP contribution < -0.4 is 8.91 Å². The lowest BCUT2D eigenvalue weighted by atomic mass is 10.3. The second kappa shape index (κ2) is 4.63. The first-order valence-corrected chi connectivity index (χ1v) is 7.34. The number of hydrogen-bond donors (Lipinski definition) is 1. The van der Waals surface area contributed by atoms with E-state index in [1.807, 2.05) is 0 Å². The second-order valence-electron chi connectivity index (χ2n) is 2.89. The van der Waals surface area contributed by atoms with Crippen molar-refractivity contribution in [1.29, 1.82) is 0 Å². The summed E-state index contributed by atoms with van der Waals surface area (Å²) < 4.78 is 39.8. The number of anilines is 1. The van der Waals surface area contributed by atoms with Gasteiger partial charge in [-0.1, -0.05) is 6.07 Å². The summed E-state index contributed by atoms with van der Waals surface area (Å²) in [4.78, 5) is 0. The largest absolute Gasteiger partial charge is 0.401 e. The fourth-order valence-electron chi connectivity index (χ4n) is 0.961. The number of hydrogen-bond acceptors (Lipinski definition) is 4. The van der Waals surface area contributed by atoms with Crippen molar-refractivity contribution < 1.29 is 16.8 Å². The second-order valence-corrected chi connectivity index (χ2v) is 5.60. The molecule has 1 rings (SSSR count). The first kappa shape index (κ1) is 12.0. The molecular weight excluding hydrogens is 238 g/mol. The van der Waals surface area contributed by atoms with Gasteiger partial charge in [-0.05, 0) is 12.1 Å². The predicted octanol–water partition coefficient (Wildman–Crippen LogP) is 0.730. The monoisotopic (exact) mass is 249 g/mol. The Morgan fingerprint density at radius 1 is 1.40 bits per heavy atom. The van der Waals surface area contributed by atoms with Gasteiger partial charge in [0.15, 0.2) is 0 Å². The summed E-state index contributed by atoms with van der Waals surface area (Å²) in [5.74, 6) is 0.351. The number of benzene rings is 1. The summed E-state index contributed by atoms with van der Waals surface area (Å²) in [6.45, 7) is 0. The highest BCUT2D eigenvalue weighted by atomic mass is 32.2. The van der Waals surface area contributed by atoms with Crippen LogP contribution in [0.3, 0.4) is 0 Å². The minimum Gasteiger partial charge on any atom is -0.401 e. The van der Waals surface area contributed by atoms with Crippen LogP contribution in [-0.4, -0.2) is 25.1 Å². The average molecular weight is 249 g/mol. The molecule has 0 radical (unpaired) electrons. The molecule has 0 fully saturated rings. The van der Waals surface area contributed by atoms with E-state index in [0.717, 1.165) is 6.26 Å². The van der Waals surface area contributed by atoms with Gasteiger partial charge < -0.3 is 4.18 Å². The van der Waals surface area contributed by atoms with Gasteiger partial charge in [0, 0.05) is 12.3 Å². The molecule has 0 saturated carbocycles. The molecule has 7 heteroatoms. The topological polar surface area (TPSA) is 72.5 Å². The van der Waals surface area contributed by atoms with Crippen LogP contribution in [0.15, 0.2) is 24.3 Å². The van der Waals surface area contributed by atoms with Gasteiger partial charge in [0.25, 0.3) is 0 Å². The lowest BCUT2D eigenvalue weighted by Gasteiger charge is -2.05. The lowest BCUT2D eigenvalue weighted by molar-refractivity contribution is 0.568. The highest BCUT2D eigenvalue weighted by Gasteiger charge is 2.03. The lowest BCUT2D eigenvalue weighted by Crippen LogP contribution is -2.09. The smallest absolute Gasteiger partial charge is 0.229 e. The van der Waals surface area contributed by atoms with Gasteiger partial charge in [0.05, 0.1) is 11.9 Å². The Kier molecular flexibility index (Phi) is 3.70. The fraction of sp³-hybridized carbons (Fsp3) is 0.250. The van der Waals surface area contributed by atoms with Gasteiger partial charge in [0.1, 0.15) is 5.75 Å². The summed E-state index contributed by atoms with van der Waals surface area (Å²) in [5.41, 5.74) is 0.375. The van der Waals surface area contributed by atoms with Gasteiger partial charge in [0.2, 0.25) is 21.1 Å². The fourth-order valence-corrected chi connectivity index (χ4v) is 1.89. The maximum absolute atomic E-state index is 10.9. The zero-order valence-corrected chi connectivity index (χ0v) is 9.89. The Balaban J connectivity index is 2.88. The Morgan fingerprint density at radius 2 is 2.07 bits per heavy atom. The average Bonchev–Trinajstić information content (AvgIpc) is 1.99. The third-order valence-corrected chi connectivity index (χ3v) is 2.38. The van der Waals surface area contributed by atoms with E-state index < -0.39 is 21.1 Å². The van der Waals surface area contributed by atoms with Crippen molar-refractivity contribution >= 4 is 26.8 Å². The molecule has 84 valence electrons. The van der Waals surface area contributed by atoms with Crippen molar-refractivity contribution in [3.05, 3.63) is 24.3 Å². The zero-order valence-electron chi connectivity index (χ0n) is 8.26. The first-order valence-electron chi connectivity index (χ1n) is 3.96. The molecule has 0 bridgehead atoms. The summed E-state index contributed by atoms with van der Waals surface area (Å²) in [7, 11) is -3.30. The zero-order chi connectivity index (χ0) is 11.5. The quantitative estimate of drug-likeness (QED) is 0.854. The molecule has 15 heavy (non-hydrogen) atoms. The molecule has 0 aliphatic carbocycles. The molecule has 1 aromatic carbocycles. The summed E-state index contributed by atoms with van der Waals surface area (Å²) in [5, 5.41) is 0. The van der Waals surface area contributed by atoms with E-state index in [-0.39, 0.29) is 0 Å². The van der Waals surface area contributed by atoms with Crippen molar-refractivity contribution in [3.63, 3.8) is 0 Å². The number of rotatable bonds is 4. The van der Waals surface area contributed by atoms with E-state index in [2.05, 4.69) is 4.72 Å². The molecule has 1 atom stereocenters. The Morgan fingerprint density at radius 3 is 2.60 bits per heavy atom. The molecule has 0 saturated heterocycles. The highest BCUT2D eigenvalue weighted by Crippen LogP contribution is 2.18. The molecule has 1 unspecified atom stereocenters. The van der Waals surface area contributed by atoms with Crippen molar-refractivity contribution in [2.24, 2.45) is 0 Å². The standard InChI is InChI=1S/C8H11NO4S2/c1-14(10)13-8-5-3-4-7(6-8)9-15(2,11)12/h3-6,9H,1-2H3. The molecule has 5 nitrogen and oxygen atoms in total. The molecule has 0 heterocycles. The predicted molar refractivity (Wildman–Crippen MR) is 59.6 cm³/mol. The van der Waals surface area contributed by atoms with Crippen LogP contribution in [0, 0.1) is 0 Å². The molecular formula is C8H11NO4S2. The van der Waals surface area contributed by atoms with Gasteiger partial charge in [-0.15, -0.1) is 0 Å². The summed E-state index contributed by atoms with van der Waals surface area (Å²) >= 11 is -1.43. The molecule has 1 N–H and O–H groups in total. The maximum atomic E-state index is 10.9. The van der Waals surface area contributed by atoms with Crippen LogP contribution in [0.4, 0.5) is 5.69 Å². The van der Waals surface area contributed by atoms with Crippen LogP contribution in [0.25, 0.3) is 0 Å². The molecule has 0 spiro atoms. The maximum Gasteiger partial charge on any atom is 0.229 e. The van der Waals surface area contributed by atoms with Crippen LogP contribution in [0.1, 0.15) is 0 Å². The number of sulfonamides is 1. The first-order chi connectivity index (χ1) is 6.87. The Hall–Kier alpha value is -1.08. The van der Waals surface area contributed by atoms with Crippen molar-refractivity contribution in [3.8, 4) is 5.75 Å². The van der Waals surface area contributed by atoms with Gasteiger partial charge in [-0.3, -0.25) is 4.72 Å². The van der Waals surface area contributed by atoms with E-state index >= 15 is 0 Å². The van der Waals surface area contributed by atoms with E-state index in [0.29, 0.717) is 11.4 Å². The van der Waals surface area contributed by atoms with Crippen LogP contribution >= 0.6 is 0 Å². The van der Waals surface area contributed by atoms with Crippen molar-refractivity contribution in [2.75, 3.05) is 17.2 Å². The SMILES string of the molecule is CS(=O)Oc1cccc(NS(C)(=O)=O)c1. The highest BCUT2D eigenvalue weighted by molar-refractivity contribution is 7.92. The molecule has 0 aromatic heterocycles. The Bertz CT molecular complexity index is 469. The van der Waals surface area contributed by atoms with E-state index in [9.17, 15) is 12.6 Å².